The molecule has 1 aromatic rings. The van der Waals surface area contributed by atoms with Crippen LogP contribution in [0.5, 0.6) is 5.75 Å². The van der Waals surface area contributed by atoms with Crippen molar-refractivity contribution in [1.29, 1.82) is 0 Å². The van der Waals surface area contributed by atoms with E-state index in [-0.39, 0.29) is 42.3 Å². The first-order valence-electron chi connectivity index (χ1n) is 9.49. The summed E-state index contributed by atoms with van der Waals surface area (Å²) in [7, 11) is 0. The van der Waals surface area contributed by atoms with Crippen LogP contribution in [0.25, 0.3) is 0 Å². The number of hydrogen-bond acceptors (Lipinski definition) is 4. The lowest BCUT2D eigenvalue weighted by atomic mass is 9.91. The zero-order valence-electron chi connectivity index (χ0n) is 15.9. The number of likely N-dealkylation sites (tertiary alicyclic amines) is 1. The predicted molar refractivity (Wildman–Crippen MR) is 107 cm³/mol. The van der Waals surface area contributed by atoms with Crippen LogP contribution in [0.4, 0.5) is 0 Å². The number of carbonyl (C=O) groups excluding carboxylic acids is 2. The predicted octanol–water partition coefficient (Wildman–Crippen LogP) is 1.97. The van der Waals surface area contributed by atoms with Crippen molar-refractivity contribution in [3.63, 3.8) is 0 Å². The van der Waals surface area contributed by atoms with Gasteiger partial charge in [-0.15, -0.1) is 12.4 Å². The monoisotopic (exact) mass is 395 g/mol. The van der Waals surface area contributed by atoms with Crippen molar-refractivity contribution in [3.8, 4) is 5.75 Å². The summed E-state index contributed by atoms with van der Waals surface area (Å²) in [5.41, 5.74) is 5.60. The van der Waals surface area contributed by atoms with Gasteiger partial charge in [-0.3, -0.25) is 9.59 Å². The molecule has 1 unspecified atom stereocenters. The van der Waals surface area contributed by atoms with Crippen LogP contribution < -0.4 is 15.8 Å². The number of nitrogens with one attached hydrogen (secondary N) is 1. The van der Waals surface area contributed by atoms with Gasteiger partial charge in [0.15, 0.2) is 6.61 Å². The Morgan fingerprint density at radius 2 is 1.81 bits per heavy atom. The van der Waals surface area contributed by atoms with Gasteiger partial charge in [0.25, 0.3) is 5.91 Å². The number of amides is 2. The molecule has 0 spiro atoms. The number of ether oxygens (including phenoxy) is 1. The third kappa shape index (κ3) is 5.59. The second kappa shape index (κ2) is 9.42. The minimum absolute atomic E-state index is 0. The quantitative estimate of drug-likeness (QED) is 0.739. The fraction of sp³-hybridized carbons (Fsp3) is 0.600. The Bertz CT molecular complexity index is 631. The topological polar surface area (TPSA) is 84.7 Å². The Morgan fingerprint density at radius 3 is 2.37 bits per heavy atom. The van der Waals surface area contributed by atoms with Crippen LogP contribution in [0.3, 0.4) is 0 Å². The molecule has 1 aliphatic carbocycles. The SMILES string of the molecule is CC(CN)(NC(=O)C1CCN(C(=O)COc2ccccc2)CC1)C1CC1.Cl. The maximum absolute atomic E-state index is 12.6. The van der Waals surface area contributed by atoms with E-state index in [1.807, 2.05) is 37.3 Å². The normalized spacial score (nSPS) is 19.6. The molecule has 0 bridgehead atoms. The lowest BCUT2D eigenvalue weighted by molar-refractivity contribution is -0.137. The molecule has 1 saturated carbocycles. The van der Waals surface area contributed by atoms with Crippen LogP contribution >= 0.6 is 12.4 Å². The molecule has 2 amide bonds. The smallest absolute Gasteiger partial charge is 0.260 e. The highest BCUT2D eigenvalue weighted by atomic mass is 35.5. The Kier molecular flexibility index (Phi) is 7.50. The number of hydrogen-bond donors (Lipinski definition) is 2. The number of benzene rings is 1. The first-order chi connectivity index (χ1) is 12.5. The number of carbonyl (C=O) groups is 2. The molecular weight excluding hydrogens is 366 g/mol. The summed E-state index contributed by atoms with van der Waals surface area (Å²) in [5, 5.41) is 3.17. The van der Waals surface area contributed by atoms with Gasteiger partial charge in [-0.05, 0) is 50.7 Å². The van der Waals surface area contributed by atoms with Gasteiger partial charge in [-0.1, -0.05) is 18.2 Å². The largest absolute Gasteiger partial charge is 0.484 e. The summed E-state index contributed by atoms with van der Waals surface area (Å²) in [4.78, 5) is 26.7. The number of halogens is 1. The first kappa shape index (κ1) is 21.5. The molecule has 27 heavy (non-hydrogen) atoms. The van der Waals surface area contributed by atoms with Gasteiger partial charge in [-0.2, -0.15) is 0 Å². The summed E-state index contributed by atoms with van der Waals surface area (Å²) in [5.74, 6) is 1.21. The Balaban J connectivity index is 0.00000261. The molecule has 2 fully saturated rings. The highest BCUT2D eigenvalue weighted by Crippen LogP contribution is 2.39. The van der Waals surface area contributed by atoms with E-state index >= 15 is 0 Å². The molecule has 150 valence electrons. The van der Waals surface area contributed by atoms with E-state index in [4.69, 9.17) is 10.5 Å². The van der Waals surface area contributed by atoms with Crippen molar-refractivity contribution < 1.29 is 14.3 Å². The van der Waals surface area contributed by atoms with Gasteiger partial charge in [0.1, 0.15) is 5.75 Å². The Morgan fingerprint density at radius 1 is 1.19 bits per heavy atom. The van der Waals surface area contributed by atoms with E-state index in [1.54, 1.807) is 4.90 Å². The molecule has 0 radical (unpaired) electrons. The van der Waals surface area contributed by atoms with Gasteiger partial charge >= 0.3 is 0 Å². The molecule has 6 nitrogen and oxygen atoms in total. The number of piperidine rings is 1. The molecule has 1 saturated heterocycles. The average molecular weight is 396 g/mol. The number of nitrogens with two attached hydrogens (primary N) is 1. The van der Waals surface area contributed by atoms with Crippen LogP contribution in [0.15, 0.2) is 30.3 Å². The Labute approximate surface area is 167 Å². The van der Waals surface area contributed by atoms with Crippen LogP contribution in [0.1, 0.15) is 32.6 Å². The third-order valence-electron chi connectivity index (χ3n) is 5.64. The molecule has 0 aromatic heterocycles. The summed E-state index contributed by atoms with van der Waals surface area (Å²) in [6.07, 6.45) is 3.66. The van der Waals surface area contributed by atoms with Gasteiger partial charge in [0.2, 0.25) is 5.91 Å². The number of rotatable bonds is 7. The molecule has 1 atom stereocenters. The van der Waals surface area contributed by atoms with Crippen LogP contribution in [0.2, 0.25) is 0 Å². The molecule has 7 heteroatoms. The second-order valence-electron chi connectivity index (χ2n) is 7.64. The van der Waals surface area contributed by atoms with Crippen molar-refractivity contribution in [2.45, 2.75) is 38.1 Å². The second-order valence-corrected chi connectivity index (χ2v) is 7.64. The van der Waals surface area contributed by atoms with Gasteiger partial charge in [0, 0.05) is 25.6 Å². The molecule has 1 heterocycles. The van der Waals surface area contributed by atoms with Crippen LogP contribution in [-0.2, 0) is 9.59 Å². The fourth-order valence-corrected chi connectivity index (χ4v) is 3.57. The standard InChI is InChI=1S/C20H29N3O3.ClH/c1-20(14-21,16-7-8-16)22-19(25)15-9-11-23(12-10-15)18(24)13-26-17-5-3-2-4-6-17;/h2-6,15-16H,7-14,21H2,1H3,(H,22,25);1H. The van der Waals surface area contributed by atoms with Crippen molar-refractivity contribution in [3.05, 3.63) is 30.3 Å². The van der Waals surface area contributed by atoms with E-state index in [0.29, 0.717) is 44.1 Å². The highest BCUT2D eigenvalue weighted by Gasteiger charge is 2.42. The molecular formula is C20H30ClN3O3. The lowest BCUT2D eigenvalue weighted by Crippen LogP contribution is -2.55. The lowest BCUT2D eigenvalue weighted by Gasteiger charge is -2.35. The minimum atomic E-state index is -0.284. The van der Waals surface area contributed by atoms with Crippen molar-refractivity contribution in [2.24, 2.45) is 17.6 Å². The van der Waals surface area contributed by atoms with Crippen molar-refractivity contribution in [1.82, 2.24) is 10.2 Å². The van der Waals surface area contributed by atoms with Crippen LogP contribution in [-0.4, -0.2) is 48.5 Å². The zero-order chi connectivity index (χ0) is 18.6. The summed E-state index contributed by atoms with van der Waals surface area (Å²) in [6, 6.07) is 9.32. The fourth-order valence-electron chi connectivity index (χ4n) is 3.57. The number of nitrogens with zero attached hydrogens (tertiary/aromatic N) is 1. The van der Waals surface area contributed by atoms with E-state index in [1.165, 1.54) is 0 Å². The average Bonchev–Trinajstić information content (AvgIpc) is 3.52. The molecule has 3 rings (SSSR count). The summed E-state index contributed by atoms with van der Waals surface area (Å²) in [6.45, 7) is 3.74. The van der Waals surface area contributed by atoms with E-state index in [0.717, 1.165) is 12.8 Å². The van der Waals surface area contributed by atoms with Crippen molar-refractivity contribution >= 4 is 24.2 Å². The Hall–Kier alpha value is -1.79. The van der Waals surface area contributed by atoms with Gasteiger partial charge in [0.05, 0.1) is 5.54 Å². The number of para-hydroxylation sites is 1. The van der Waals surface area contributed by atoms with Gasteiger partial charge < -0.3 is 20.7 Å². The van der Waals surface area contributed by atoms with E-state index < -0.39 is 0 Å². The summed E-state index contributed by atoms with van der Waals surface area (Å²) < 4.78 is 5.52. The maximum atomic E-state index is 12.6. The first-order valence-corrected chi connectivity index (χ1v) is 9.49. The van der Waals surface area contributed by atoms with E-state index in [2.05, 4.69) is 5.32 Å². The highest BCUT2D eigenvalue weighted by molar-refractivity contribution is 5.85. The molecule has 1 aromatic carbocycles. The van der Waals surface area contributed by atoms with E-state index in [9.17, 15) is 9.59 Å². The molecule has 3 N–H and O–H groups in total. The summed E-state index contributed by atoms with van der Waals surface area (Å²) >= 11 is 0. The molecule has 2 aliphatic rings. The van der Waals surface area contributed by atoms with Gasteiger partial charge in [-0.25, -0.2) is 0 Å². The zero-order valence-corrected chi connectivity index (χ0v) is 16.7. The van der Waals surface area contributed by atoms with Crippen LogP contribution in [0, 0.1) is 11.8 Å². The molecule has 1 aliphatic heterocycles. The minimum Gasteiger partial charge on any atom is -0.484 e. The third-order valence-corrected chi connectivity index (χ3v) is 5.64. The maximum Gasteiger partial charge on any atom is 0.260 e. The van der Waals surface area contributed by atoms with Crippen molar-refractivity contribution in [2.75, 3.05) is 26.2 Å².